The molecular weight excluding hydrogens is 328 g/mol. The third-order valence-corrected chi connectivity index (χ3v) is 4.35. The van der Waals surface area contributed by atoms with Crippen LogP contribution in [0.5, 0.6) is 0 Å². The highest BCUT2D eigenvalue weighted by Gasteiger charge is 2.17. The summed E-state index contributed by atoms with van der Waals surface area (Å²) in [4.78, 5) is 29.9. The van der Waals surface area contributed by atoms with Crippen molar-refractivity contribution in [3.63, 3.8) is 0 Å². The summed E-state index contributed by atoms with van der Waals surface area (Å²) in [7, 11) is 3.82. The van der Waals surface area contributed by atoms with Gasteiger partial charge in [-0.1, -0.05) is 30.3 Å². The predicted molar refractivity (Wildman–Crippen MR) is 102 cm³/mol. The van der Waals surface area contributed by atoms with Gasteiger partial charge in [0.05, 0.1) is 13.0 Å². The monoisotopic (exact) mass is 354 g/mol. The van der Waals surface area contributed by atoms with Crippen molar-refractivity contribution in [1.29, 1.82) is 0 Å². The van der Waals surface area contributed by atoms with Gasteiger partial charge in [-0.25, -0.2) is 0 Å². The molecule has 0 spiro atoms. The summed E-state index contributed by atoms with van der Waals surface area (Å²) in [5, 5.41) is 2.91. The molecule has 0 bridgehead atoms. The number of aromatic nitrogens is 3. The van der Waals surface area contributed by atoms with E-state index in [2.05, 4.69) is 25.2 Å². The lowest BCUT2D eigenvalue weighted by Crippen LogP contribution is -2.33. The van der Waals surface area contributed by atoms with Crippen LogP contribution in [0.1, 0.15) is 30.7 Å². The number of amides is 1. The average Bonchev–Trinajstić information content (AvgIpc) is 2.67. The highest BCUT2D eigenvalue weighted by molar-refractivity contribution is 5.78. The number of hydrogen-bond acceptors (Lipinski definition) is 6. The zero-order chi connectivity index (χ0) is 18.4. The Morgan fingerprint density at radius 2 is 1.81 bits per heavy atom. The van der Waals surface area contributed by atoms with Gasteiger partial charge < -0.3 is 15.1 Å². The van der Waals surface area contributed by atoms with E-state index in [1.54, 1.807) is 0 Å². The summed E-state index contributed by atoms with van der Waals surface area (Å²) >= 11 is 0. The topological polar surface area (TPSA) is 74.2 Å². The summed E-state index contributed by atoms with van der Waals surface area (Å²) in [6, 6.07) is 9.70. The van der Waals surface area contributed by atoms with Gasteiger partial charge in [0.1, 0.15) is 0 Å². The van der Waals surface area contributed by atoms with E-state index >= 15 is 0 Å². The van der Waals surface area contributed by atoms with Crippen molar-refractivity contribution < 1.29 is 4.79 Å². The Labute approximate surface area is 154 Å². The Morgan fingerprint density at radius 3 is 2.50 bits per heavy atom. The molecule has 0 aliphatic carbocycles. The number of hydrogen-bond donors (Lipinski definition) is 1. The van der Waals surface area contributed by atoms with Crippen LogP contribution < -0.4 is 15.1 Å². The molecule has 0 saturated carbocycles. The van der Waals surface area contributed by atoms with E-state index in [4.69, 9.17) is 0 Å². The number of piperidine rings is 1. The largest absolute Gasteiger partial charge is 0.349 e. The normalized spacial score (nSPS) is 14.2. The van der Waals surface area contributed by atoms with Crippen LogP contribution in [0.4, 0.5) is 11.9 Å². The van der Waals surface area contributed by atoms with Gasteiger partial charge in [0.15, 0.2) is 5.82 Å². The first kappa shape index (κ1) is 18.1. The molecule has 2 aromatic rings. The second-order valence-electron chi connectivity index (χ2n) is 6.73. The summed E-state index contributed by atoms with van der Waals surface area (Å²) in [6.07, 6.45) is 3.92. The maximum Gasteiger partial charge on any atom is 0.230 e. The lowest BCUT2D eigenvalue weighted by molar-refractivity contribution is -0.120. The average molecular weight is 354 g/mol. The molecule has 1 amide bonds. The molecule has 1 fully saturated rings. The molecule has 1 saturated heterocycles. The van der Waals surface area contributed by atoms with Gasteiger partial charge in [-0.2, -0.15) is 15.0 Å². The second kappa shape index (κ2) is 8.60. The van der Waals surface area contributed by atoms with Crippen LogP contribution in [0, 0.1) is 0 Å². The number of carbonyl (C=O) groups excluding carboxylic acids is 1. The van der Waals surface area contributed by atoms with Gasteiger partial charge in [-0.15, -0.1) is 0 Å². The summed E-state index contributed by atoms with van der Waals surface area (Å²) in [6.45, 7) is 2.24. The Bertz CT molecular complexity index is 728. The first-order chi connectivity index (χ1) is 12.6. The molecule has 138 valence electrons. The standard InChI is InChI=1S/C19H26N6O/c1-24(2)18-21-16(22-19(23-18)25-11-7-4-8-12-25)14-20-17(26)13-15-9-5-3-6-10-15/h3,5-6,9-10H,4,7-8,11-14H2,1-2H3,(H,20,26). The smallest absolute Gasteiger partial charge is 0.230 e. The van der Waals surface area contributed by atoms with E-state index < -0.39 is 0 Å². The number of rotatable bonds is 6. The van der Waals surface area contributed by atoms with E-state index in [9.17, 15) is 4.79 Å². The highest BCUT2D eigenvalue weighted by atomic mass is 16.1. The zero-order valence-electron chi connectivity index (χ0n) is 15.5. The van der Waals surface area contributed by atoms with Crippen LogP contribution in [0.2, 0.25) is 0 Å². The molecule has 7 nitrogen and oxygen atoms in total. The van der Waals surface area contributed by atoms with Crippen molar-refractivity contribution in [3.05, 3.63) is 41.7 Å². The fourth-order valence-electron chi connectivity index (χ4n) is 2.93. The Balaban J connectivity index is 1.67. The van der Waals surface area contributed by atoms with E-state index in [0.717, 1.165) is 31.5 Å². The van der Waals surface area contributed by atoms with Crippen LogP contribution in [-0.2, 0) is 17.8 Å². The number of carbonyl (C=O) groups is 1. The Hall–Kier alpha value is -2.70. The van der Waals surface area contributed by atoms with Crippen molar-refractivity contribution in [2.45, 2.75) is 32.2 Å². The van der Waals surface area contributed by atoms with E-state index in [-0.39, 0.29) is 5.91 Å². The number of nitrogens with zero attached hydrogens (tertiary/aromatic N) is 5. The minimum atomic E-state index is -0.0393. The minimum absolute atomic E-state index is 0.0393. The fourth-order valence-corrected chi connectivity index (χ4v) is 2.93. The first-order valence-corrected chi connectivity index (χ1v) is 9.09. The SMILES string of the molecule is CN(C)c1nc(CNC(=O)Cc2ccccc2)nc(N2CCCCC2)n1. The van der Waals surface area contributed by atoms with E-state index in [1.807, 2.05) is 49.3 Å². The summed E-state index contributed by atoms with van der Waals surface area (Å²) in [5.74, 6) is 1.87. The maximum atomic E-state index is 12.2. The molecule has 1 N–H and O–H groups in total. The fraction of sp³-hybridized carbons (Fsp3) is 0.474. The Morgan fingerprint density at radius 1 is 1.08 bits per heavy atom. The van der Waals surface area contributed by atoms with Crippen molar-refractivity contribution in [3.8, 4) is 0 Å². The Kier molecular flexibility index (Phi) is 5.99. The van der Waals surface area contributed by atoms with Gasteiger partial charge in [-0.05, 0) is 24.8 Å². The number of anilines is 2. The lowest BCUT2D eigenvalue weighted by Gasteiger charge is -2.27. The third-order valence-electron chi connectivity index (χ3n) is 4.35. The van der Waals surface area contributed by atoms with Crippen LogP contribution in [0.25, 0.3) is 0 Å². The molecular formula is C19H26N6O. The zero-order valence-corrected chi connectivity index (χ0v) is 15.5. The molecule has 1 aromatic heterocycles. The molecule has 3 rings (SSSR count). The molecule has 26 heavy (non-hydrogen) atoms. The summed E-state index contributed by atoms with van der Waals surface area (Å²) < 4.78 is 0. The van der Waals surface area contributed by atoms with Gasteiger partial charge in [0.2, 0.25) is 17.8 Å². The molecule has 2 heterocycles. The van der Waals surface area contributed by atoms with Crippen LogP contribution in [0.15, 0.2) is 30.3 Å². The van der Waals surface area contributed by atoms with E-state index in [0.29, 0.717) is 30.7 Å². The molecule has 1 aliphatic heterocycles. The van der Waals surface area contributed by atoms with E-state index in [1.165, 1.54) is 6.42 Å². The van der Waals surface area contributed by atoms with Crippen LogP contribution in [-0.4, -0.2) is 48.0 Å². The molecule has 0 unspecified atom stereocenters. The quantitative estimate of drug-likeness (QED) is 0.852. The molecule has 1 aliphatic rings. The maximum absolute atomic E-state index is 12.2. The van der Waals surface area contributed by atoms with Gasteiger partial charge in [-0.3, -0.25) is 4.79 Å². The number of benzene rings is 1. The van der Waals surface area contributed by atoms with Crippen molar-refractivity contribution in [2.24, 2.45) is 0 Å². The van der Waals surface area contributed by atoms with Gasteiger partial charge in [0, 0.05) is 27.2 Å². The minimum Gasteiger partial charge on any atom is -0.349 e. The van der Waals surface area contributed by atoms with Crippen molar-refractivity contribution >= 4 is 17.8 Å². The predicted octanol–water partition coefficient (Wildman–Crippen LogP) is 1.79. The molecule has 7 heteroatoms. The van der Waals surface area contributed by atoms with Crippen molar-refractivity contribution in [1.82, 2.24) is 20.3 Å². The molecule has 1 aromatic carbocycles. The second-order valence-corrected chi connectivity index (χ2v) is 6.73. The summed E-state index contributed by atoms with van der Waals surface area (Å²) in [5.41, 5.74) is 0.989. The van der Waals surface area contributed by atoms with Crippen LogP contribution in [0.3, 0.4) is 0 Å². The first-order valence-electron chi connectivity index (χ1n) is 9.09. The molecule has 0 radical (unpaired) electrons. The highest BCUT2D eigenvalue weighted by Crippen LogP contribution is 2.17. The van der Waals surface area contributed by atoms with Gasteiger partial charge in [0.25, 0.3) is 0 Å². The lowest BCUT2D eigenvalue weighted by atomic mass is 10.1. The number of nitrogens with one attached hydrogen (secondary N) is 1. The van der Waals surface area contributed by atoms with Crippen LogP contribution >= 0.6 is 0 Å². The van der Waals surface area contributed by atoms with Gasteiger partial charge >= 0.3 is 0 Å². The molecule has 0 atom stereocenters. The third kappa shape index (κ3) is 4.91. The van der Waals surface area contributed by atoms with Crippen molar-refractivity contribution in [2.75, 3.05) is 37.0 Å².